The molecule has 1 aliphatic rings. The Labute approximate surface area is 152 Å². The fourth-order valence-corrected chi connectivity index (χ4v) is 3.22. The van der Waals surface area contributed by atoms with Gasteiger partial charge in [-0.3, -0.25) is 4.98 Å². The lowest BCUT2D eigenvalue weighted by Crippen LogP contribution is -2.44. The normalized spacial score (nSPS) is 15.1. The van der Waals surface area contributed by atoms with Crippen LogP contribution in [0.5, 0.6) is 0 Å². The molecular formula is C18H21ClN4O2. The predicted octanol–water partition coefficient (Wildman–Crippen LogP) is 3.43. The molecule has 0 spiro atoms. The lowest BCUT2D eigenvalue weighted by molar-refractivity contribution is 0.164. The minimum atomic E-state index is -0.379. The van der Waals surface area contributed by atoms with Crippen LogP contribution in [0.2, 0.25) is 5.02 Å². The molecule has 1 N–H and O–H groups in total. The van der Waals surface area contributed by atoms with Gasteiger partial charge in [-0.25, -0.2) is 9.78 Å². The first-order valence-corrected chi connectivity index (χ1v) is 8.63. The average molecular weight is 361 g/mol. The summed E-state index contributed by atoms with van der Waals surface area (Å²) in [7, 11) is 1.38. The fourth-order valence-electron chi connectivity index (χ4n) is 3.03. The summed E-state index contributed by atoms with van der Waals surface area (Å²) in [6.07, 6.45) is 4.76. The van der Waals surface area contributed by atoms with Crippen LogP contribution in [0, 0.1) is 6.92 Å². The Balaban J connectivity index is 1.75. The number of methoxy groups -OCH3 is 1. The minimum Gasteiger partial charge on any atom is -0.453 e. The number of rotatable bonds is 3. The number of nitrogens with one attached hydrogen (secondary N) is 1. The van der Waals surface area contributed by atoms with E-state index in [1.807, 2.05) is 25.1 Å². The van der Waals surface area contributed by atoms with E-state index in [0.29, 0.717) is 5.02 Å². The Hall–Kier alpha value is -2.34. The largest absolute Gasteiger partial charge is 0.453 e. The van der Waals surface area contributed by atoms with Crippen molar-refractivity contribution in [2.75, 3.05) is 25.1 Å². The molecule has 2 aromatic heterocycles. The third-order valence-corrected chi connectivity index (χ3v) is 4.73. The van der Waals surface area contributed by atoms with Crippen LogP contribution >= 0.6 is 11.6 Å². The maximum absolute atomic E-state index is 11.3. The van der Waals surface area contributed by atoms with Crippen molar-refractivity contribution in [1.29, 1.82) is 0 Å². The van der Waals surface area contributed by atoms with Gasteiger partial charge in [0.15, 0.2) is 0 Å². The summed E-state index contributed by atoms with van der Waals surface area (Å²) in [5, 5.41) is 3.45. The van der Waals surface area contributed by atoms with Gasteiger partial charge in [0, 0.05) is 37.1 Å². The Kier molecular flexibility index (Phi) is 5.38. The summed E-state index contributed by atoms with van der Waals surface area (Å²) in [5.74, 6) is 0.876. The van der Waals surface area contributed by atoms with Crippen molar-refractivity contribution >= 4 is 23.5 Å². The van der Waals surface area contributed by atoms with Gasteiger partial charge >= 0.3 is 6.09 Å². The Bertz CT molecular complexity index is 760. The molecule has 0 aliphatic carbocycles. The van der Waals surface area contributed by atoms with Gasteiger partial charge in [0.25, 0.3) is 0 Å². The Morgan fingerprint density at radius 3 is 2.80 bits per heavy atom. The van der Waals surface area contributed by atoms with E-state index in [0.717, 1.165) is 48.6 Å². The second-order valence-corrected chi connectivity index (χ2v) is 6.50. The highest BCUT2D eigenvalue weighted by Crippen LogP contribution is 2.31. The number of piperidine rings is 1. The molecular weight excluding hydrogens is 340 g/mol. The van der Waals surface area contributed by atoms with E-state index in [2.05, 4.69) is 24.9 Å². The molecule has 0 saturated carbocycles. The molecule has 0 bridgehead atoms. The highest BCUT2D eigenvalue weighted by atomic mass is 35.5. The number of hydrogen-bond donors (Lipinski definition) is 1. The summed E-state index contributed by atoms with van der Waals surface area (Å²) in [6.45, 7) is 3.64. The smallest absolute Gasteiger partial charge is 0.407 e. The van der Waals surface area contributed by atoms with Crippen molar-refractivity contribution < 1.29 is 9.53 Å². The van der Waals surface area contributed by atoms with Crippen LogP contribution in [0.15, 0.2) is 30.6 Å². The van der Waals surface area contributed by atoms with Gasteiger partial charge < -0.3 is 15.0 Å². The summed E-state index contributed by atoms with van der Waals surface area (Å²) >= 11 is 6.36. The van der Waals surface area contributed by atoms with Gasteiger partial charge in [-0.15, -0.1) is 0 Å². The quantitative estimate of drug-likeness (QED) is 0.908. The lowest BCUT2D eigenvalue weighted by atomic mass is 10.0. The monoisotopic (exact) mass is 360 g/mol. The van der Waals surface area contributed by atoms with E-state index in [-0.39, 0.29) is 12.1 Å². The molecule has 6 nitrogen and oxygen atoms in total. The number of hydrogen-bond acceptors (Lipinski definition) is 5. The maximum atomic E-state index is 11.3. The Morgan fingerprint density at radius 1 is 1.36 bits per heavy atom. The number of ether oxygens (including phenoxy) is 1. The number of aryl methyl sites for hydroxylation is 1. The number of pyridine rings is 2. The molecule has 1 amide bonds. The van der Waals surface area contributed by atoms with Crippen LogP contribution in [0.4, 0.5) is 10.6 Å². The Morgan fingerprint density at radius 2 is 2.12 bits per heavy atom. The van der Waals surface area contributed by atoms with Gasteiger partial charge in [0.1, 0.15) is 5.82 Å². The van der Waals surface area contributed by atoms with Crippen LogP contribution in [0.25, 0.3) is 11.3 Å². The first kappa shape index (κ1) is 17.5. The molecule has 0 radical (unpaired) electrons. The molecule has 3 heterocycles. The van der Waals surface area contributed by atoms with Crippen LogP contribution in [0.3, 0.4) is 0 Å². The van der Waals surface area contributed by atoms with E-state index >= 15 is 0 Å². The molecule has 0 aromatic carbocycles. The first-order valence-electron chi connectivity index (χ1n) is 8.25. The van der Waals surface area contributed by atoms with E-state index in [1.54, 1.807) is 12.4 Å². The summed E-state index contributed by atoms with van der Waals surface area (Å²) < 4.78 is 4.66. The molecule has 25 heavy (non-hydrogen) atoms. The number of alkyl carbamates (subject to hydrolysis) is 1. The first-order chi connectivity index (χ1) is 12.1. The molecule has 0 unspecified atom stereocenters. The molecule has 7 heteroatoms. The van der Waals surface area contributed by atoms with E-state index in [9.17, 15) is 4.79 Å². The van der Waals surface area contributed by atoms with Gasteiger partial charge in [0.05, 0.1) is 17.8 Å². The van der Waals surface area contributed by atoms with E-state index in [1.165, 1.54) is 7.11 Å². The van der Waals surface area contributed by atoms with Crippen molar-refractivity contribution in [3.8, 4) is 11.3 Å². The number of carbonyl (C=O) groups is 1. The minimum absolute atomic E-state index is 0.133. The van der Waals surface area contributed by atoms with Crippen LogP contribution < -0.4 is 10.2 Å². The highest BCUT2D eigenvalue weighted by Gasteiger charge is 2.22. The summed E-state index contributed by atoms with van der Waals surface area (Å²) in [5.41, 5.74) is 2.83. The lowest BCUT2D eigenvalue weighted by Gasteiger charge is -2.33. The van der Waals surface area contributed by atoms with Crippen LogP contribution in [-0.2, 0) is 4.74 Å². The molecule has 2 aromatic rings. The average Bonchev–Trinajstić information content (AvgIpc) is 2.63. The zero-order chi connectivity index (χ0) is 17.8. The maximum Gasteiger partial charge on any atom is 0.407 e. The second kappa shape index (κ2) is 7.70. The van der Waals surface area contributed by atoms with Crippen molar-refractivity contribution in [2.45, 2.75) is 25.8 Å². The third-order valence-electron chi connectivity index (χ3n) is 4.43. The predicted molar refractivity (Wildman–Crippen MR) is 98.0 cm³/mol. The van der Waals surface area contributed by atoms with Gasteiger partial charge in [-0.1, -0.05) is 17.7 Å². The van der Waals surface area contributed by atoms with Gasteiger partial charge in [0.2, 0.25) is 0 Å². The number of carbonyl (C=O) groups excluding carboxylic acids is 1. The van der Waals surface area contributed by atoms with Crippen LogP contribution in [0.1, 0.15) is 18.4 Å². The topological polar surface area (TPSA) is 67.3 Å². The van der Waals surface area contributed by atoms with Gasteiger partial charge in [-0.05, 0) is 37.5 Å². The van der Waals surface area contributed by atoms with Gasteiger partial charge in [-0.2, -0.15) is 0 Å². The van der Waals surface area contributed by atoms with Crippen molar-refractivity contribution in [1.82, 2.24) is 15.3 Å². The number of halogens is 1. The zero-order valence-electron chi connectivity index (χ0n) is 14.3. The van der Waals surface area contributed by atoms with Crippen molar-refractivity contribution in [3.05, 3.63) is 41.2 Å². The van der Waals surface area contributed by atoms with E-state index in [4.69, 9.17) is 11.6 Å². The molecule has 3 rings (SSSR count). The molecule has 1 saturated heterocycles. The second-order valence-electron chi connectivity index (χ2n) is 6.09. The number of aromatic nitrogens is 2. The fraction of sp³-hybridized carbons (Fsp3) is 0.389. The number of nitrogens with zero attached hydrogens (tertiary/aromatic N) is 3. The molecule has 132 valence electrons. The zero-order valence-corrected chi connectivity index (χ0v) is 15.1. The van der Waals surface area contributed by atoms with Crippen molar-refractivity contribution in [2.24, 2.45) is 0 Å². The molecule has 1 fully saturated rings. The SMILES string of the molecule is COC(=O)NC1CCN(c2cc(-c3ncccc3C)c(Cl)cn2)CC1. The number of anilines is 1. The standard InChI is InChI=1S/C18H21ClN4O2/c1-12-4-3-7-20-17(12)14-10-16(21-11-15(14)19)23-8-5-13(6-9-23)22-18(24)25-2/h3-4,7,10-11,13H,5-6,8-9H2,1-2H3,(H,22,24). The van der Waals surface area contributed by atoms with Crippen LogP contribution in [-0.4, -0.2) is 42.3 Å². The third kappa shape index (κ3) is 4.02. The summed E-state index contributed by atoms with van der Waals surface area (Å²) in [6, 6.07) is 6.05. The van der Waals surface area contributed by atoms with E-state index < -0.39 is 0 Å². The highest BCUT2D eigenvalue weighted by molar-refractivity contribution is 6.33. The molecule has 1 aliphatic heterocycles. The molecule has 0 atom stereocenters. The summed E-state index contributed by atoms with van der Waals surface area (Å²) in [4.78, 5) is 22.5. The van der Waals surface area contributed by atoms with Crippen molar-refractivity contribution in [3.63, 3.8) is 0 Å². The number of amides is 1.